The molecule has 1 N–H and O–H groups in total. The maximum Gasteiger partial charge on any atom is 0.302 e. The van der Waals surface area contributed by atoms with Gasteiger partial charge in [0.1, 0.15) is 17.5 Å². The summed E-state index contributed by atoms with van der Waals surface area (Å²) in [5.74, 6) is -2.70. The van der Waals surface area contributed by atoms with Crippen molar-refractivity contribution in [1.29, 1.82) is 0 Å². The van der Waals surface area contributed by atoms with E-state index in [1.165, 1.54) is 12.5 Å². The number of ketones is 2. The number of fused-ring (bicyclic) bond motifs is 5. The molecule has 1 aliphatic heterocycles. The Hall–Kier alpha value is -2.09. The standard InChI is InChI=1S/C32H42O7/c1-14(2)19-11-20-17(5)25-26-27(35)24-15(3)13-31(36)23(29(7,8)38-39-31)12-21(24)30(26,9)32(20,16(4)10-22(19)34)28(25)37-18(6)33/h12,14-16,19,25-26,28,36H,10-11,13H2,1-9H3/t15-,16-,19+,25-,26+,28-,30-,31?,32-/m1/s1. The van der Waals surface area contributed by atoms with Gasteiger partial charge < -0.3 is 9.84 Å². The number of allylic oxidation sites excluding steroid dienone is 3. The van der Waals surface area contributed by atoms with Gasteiger partial charge in [-0.1, -0.05) is 51.8 Å². The van der Waals surface area contributed by atoms with Crippen LogP contribution in [0.4, 0.5) is 0 Å². The number of rotatable bonds is 2. The van der Waals surface area contributed by atoms with Gasteiger partial charge in [0.25, 0.3) is 0 Å². The van der Waals surface area contributed by atoms with Gasteiger partial charge in [-0.15, -0.1) is 0 Å². The topological polar surface area (TPSA) is 99.1 Å². The molecule has 2 bridgehead atoms. The molecule has 212 valence electrons. The van der Waals surface area contributed by atoms with E-state index < -0.39 is 34.2 Å². The zero-order valence-electron chi connectivity index (χ0n) is 24.6. The third-order valence-electron chi connectivity index (χ3n) is 11.5. The number of hydrogen-bond donors (Lipinski definition) is 1. The first-order chi connectivity index (χ1) is 18.0. The van der Waals surface area contributed by atoms with Crippen molar-refractivity contribution in [3.05, 3.63) is 33.9 Å². The van der Waals surface area contributed by atoms with Crippen LogP contribution in [0.3, 0.4) is 0 Å². The first kappa shape index (κ1) is 27.1. The van der Waals surface area contributed by atoms with Crippen molar-refractivity contribution >= 4 is 17.5 Å². The summed E-state index contributed by atoms with van der Waals surface area (Å²) in [7, 11) is 0. The highest BCUT2D eigenvalue weighted by molar-refractivity contribution is 6.05. The van der Waals surface area contributed by atoms with Gasteiger partial charge >= 0.3 is 5.97 Å². The molecular formula is C32H42O7. The first-order valence-electron chi connectivity index (χ1n) is 14.5. The van der Waals surface area contributed by atoms with Crippen LogP contribution in [0.2, 0.25) is 0 Å². The summed E-state index contributed by atoms with van der Waals surface area (Å²) >= 11 is 0. The lowest BCUT2D eigenvalue weighted by Crippen LogP contribution is -2.51. The fourth-order valence-corrected chi connectivity index (χ4v) is 10.1. The van der Waals surface area contributed by atoms with E-state index in [-0.39, 0.29) is 53.5 Å². The van der Waals surface area contributed by atoms with Crippen LogP contribution < -0.4 is 0 Å². The minimum Gasteiger partial charge on any atom is -0.461 e. The van der Waals surface area contributed by atoms with E-state index in [4.69, 9.17) is 14.5 Å². The predicted octanol–water partition coefficient (Wildman–Crippen LogP) is 5.03. The maximum atomic E-state index is 14.6. The molecule has 2 saturated carbocycles. The van der Waals surface area contributed by atoms with Gasteiger partial charge in [0.05, 0.1) is 0 Å². The highest BCUT2D eigenvalue weighted by Crippen LogP contribution is 2.79. The lowest BCUT2D eigenvalue weighted by molar-refractivity contribution is -0.390. The van der Waals surface area contributed by atoms with Crippen molar-refractivity contribution in [2.75, 3.05) is 0 Å². The molecule has 0 radical (unpaired) electrons. The molecule has 1 spiro atoms. The highest BCUT2D eigenvalue weighted by Gasteiger charge is 2.80. The zero-order valence-corrected chi connectivity index (χ0v) is 24.6. The van der Waals surface area contributed by atoms with E-state index in [1.807, 2.05) is 26.8 Å². The average molecular weight is 539 g/mol. The van der Waals surface area contributed by atoms with Crippen LogP contribution in [0.25, 0.3) is 0 Å². The second kappa shape index (κ2) is 8.01. The van der Waals surface area contributed by atoms with Gasteiger partial charge in [-0.3, -0.25) is 14.4 Å². The minimum absolute atomic E-state index is 0.0692. The summed E-state index contributed by atoms with van der Waals surface area (Å²) in [5, 5.41) is 11.6. The van der Waals surface area contributed by atoms with E-state index in [1.54, 1.807) is 0 Å². The Morgan fingerprint density at radius 2 is 1.79 bits per heavy atom. The Morgan fingerprint density at radius 1 is 1.13 bits per heavy atom. The molecular weight excluding hydrogens is 496 g/mol. The van der Waals surface area contributed by atoms with E-state index in [0.29, 0.717) is 18.4 Å². The number of carbonyl (C=O) groups excluding carboxylic acids is 3. The van der Waals surface area contributed by atoms with Crippen molar-refractivity contribution in [3.63, 3.8) is 0 Å². The molecule has 7 heteroatoms. The summed E-state index contributed by atoms with van der Waals surface area (Å²) in [6, 6.07) is 0. The van der Waals surface area contributed by atoms with Crippen molar-refractivity contribution in [3.8, 4) is 0 Å². The number of Topliss-reactive ketones (excluding diaryl/α,β-unsaturated/α-hetero) is 2. The van der Waals surface area contributed by atoms with Gasteiger partial charge in [0.15, 0.2) is 5.78 Å². The van der Waals surface area contributed by atoms with Crippen LogP contribution in [0.1, 0.15) is 81.6 Å². The molecule has 39 heavy (non-hydrogen) atoms. The van der Waals surface area contributed by atoms with Crippen LogP contribution in [0.5, 0.6) is 0 Å². The Balaban J connectivity index is 1.66. The number of ether oxygens (including phenoxy) is 1. The minimum atomic E-state index is -1.63. The van der Waals surface area contributed by atoms with Gasteiger partial charge in [0.2, 0.25) is 5.79 Å². The average Bonchev–Trinajstić information content (AvgIpc) is 3.28. The fourth-order valence-electron chi connectivity index (χ4n) is 10.1. The Labute approximate surface area is 230 Å². The van der Waals surface area contributed by atoms with Crippen molar-refractivity contribution in [2.24, 2.45) is 46.3 Å². The highest BCUT2D eigenvalue weighted by atomic mass is 17.2. The Bertz CT molecular complexity index is 1300. The zero-order chi connectivity index (χ0) is 28.6. The lowest BCUT2D eigenvalue weighted by Gasteiger charge is -2.52. The van der Waals surface area contributed by atoms with Crippen LogP contribution in [-0.4, -0.2) is 40.1 Å². The maximum absolute atomic E-state index is 14.6. The molecule has 7 nitrogen and oxygen atoms in total. The molecule has 0 amide bonds. The molecule has 3 fully saturated rings. The normalized spacial score (nSPS) is 46.1. The predicted molar refractivity (Wildman–Crippen MR) is 143 cm³/mol. The summed E-state index contributed by atoms with van der Waals surface area (Å²) < 4.78 is 6.23. The van der Waals surface area contributed by atoms with Crippen LogP contribution >= 0.6 is 0 Å². The smallest absolute Gasteiger partial charge is 0.302 e. The molecule has 0 aromatic heterocycles. The van der Waals surface area contributed by atoms with Gasteiger partial charge in [-0.05, 0) is 50.5 Å². The van der Waals surface area contributed by atoms with Gasteiger partial charge in [0, 0.05) is 59.5 Å². The first-order valence-corrected chi connectivity index (χ1v) is 14.5. The summed E-state index contributed by atoms with van der Waals surface area (Å²) in [5.41, 5.74) is 2.21. The molecule has 6 aliphatic rings. The quantitative estimate of drug-likeness (QED) is 0.299. The second-order valence-corrected chi connectivity index (χ2v) is 14.2. The van der Waals surface area contributed by atoms with Crippen molar-refractivity contribution in [2.45, 2.75) is 99.1 Å². The third kappa shape index (κ3) is 3.02. The number of carbonyl (C=O) groups is 3. The monoisotopic (exact) mass is 538 g/mol. The van der Waals surface area contributed by atoms with Crippen molar-refractivity contribution < 1.29 is 34.0 Å². The van der Waals surface area contributed by atoms with Crippen LogP contribution in [0, 0.1) is 46.3 Å². The SMILES string of the molecule is CC(=O)O[C@@H]1[C@@H]2C(C)=C3C[C@@H](C(C)C)C(=O)C[C@@H](C)[C@@]31[C@]1(C)C3=C(C(=O)[C@H]21)[C@H](C)CC1(O)OOC(C)(C)C1=C3. The Morgan fingerprint density at radius 3 is 2.41 bits per heavy atom. The van der Waals surface area contributed by atoms with E-state index in [0.717, 1.165) is 16.7 Å². The number of esters is 1. The fraction of sp³-hybridized carbons (Fsp3) is 0.719. The molecule has 6 rings (SSSR count). The molecule has 0 aromatic carbocycles. The van der Waals surface area contributed by atoms with Gasteiger partial charge in [-0.2, -0.15) is 4.89 Å². The summed E-state index contributed by atoms with van der Waals surface area (Å²) in [6.07, 6.45) is 2.65. The summed E-state index contributed by atoms with van der Waals surface area (Å²) in [4.78, 5) is 52.0. The van der Waals surface area contributed by atoms with Crippen LogP contribution in [-0.2, 0) is 28.9 Å². The lowest BCUT2D eigenvalue weighted by atomic mass is 9.51. The number of hydrogen-bond acceptors (Lipinski definition) is 7. The van der Waals surface area contributed by atoms with E-state index >= 15 is 0 Å². The molecule has 1 unspecified atom stereocenters. The van der Waals surface area contributed by atoms with E-state index in [9.17, 15) is 19.5 Å². The van der Waals surface area contributed by atoms with Crippen molar-refractivity contribution in [1.82, 2.24) is 0 Å². The largest absolute Gasteiger partial charge is 0.461 e. The van der Waals surface area contributed by atoms with Crippen LogP contribution in [0.15, 0.2) is 33.9 Å². The third-order valence-corrected chi connectivity index (χ3v) is 11.5. The molecule has 9 atom stereocenters. The van der Waals surface area contributed by atoms with E-state index in [2.05, 4.69) is 34.6 Å². The van der Waals surface area contributed by atoms with Gasteiger partial charge in [-0.25, -0.2) is 4.89 Å². The Kier molecular flexibility index (Phi) is 5.57. The molecule has 5 aliphatic carbocycles. The number of aliphatic hydroxyl groups is 1. The molecule has 1 heterocycles. The molecule has 1 saturated heterocycles. The second-order valence-electron chi connectivity index (χ2n) is 14.2. The molecule has 0 aromatic rings. The summed E-state index contributed by atoms with van der Waals surface area (Å²) in [6.45, 7) is 17.7.